The Labute approximate surface area is 176 Å². The van der Waals surface area contributed by atoms with Crippen molar-refractivity contribution >= 4 is 33.3 Å². The molecule has 150 valence electrons. The Bertz CT molecular complexity index is 1040. The van der Waals surface area contributed by atoms with E-state index in [2.05, 4.69) is 25.9 Å². The minimum Gasteiger partial charge on any atom is -0.294 e. The molecule has 0 bridgehead atoms. The van der Waals surface area contributed by atoms with Crippen LogP contribution in [0.2, 0.25) is 5.15 Å². The van der Waals surface area contributed by atoms with Gasteiger partial charge in [0.25, 0.3) is 0 Å². The first-order chi connectivity index (χ1) is 13.7. The van der Waals surface area contributed by atoms with Crippen LogP contribution in [0.15, 0.2) is 59.3 Å². The van der Waals surface area contributed by atoms with Crippen molar-refractivity contribution in [3.05, 3.63) is 92.7 Å². The Morgan fingerprint density at radius 3 is 2.41 bits per heavy atom. The molecule has 2 aromatic heterocycles. The van der Waals surface area contributed by atoms with E-state index in [9.17, 15) is 22.4 Å². The van der Waals surface area contributed by atoms with E-state index >= 15 is 0 Å². The van der Waals surface area contributed by atoms with Crippen LogP contribution in [-0.2, 0) is 6.18 Å². The average molecular weight is 488 g/mol. The van der Waals surface area contributed by atoms with Crippen molar-refractivity contribution in [1.82, 2.24) is 9.97 Å². The van der Waals surface area contributed by atoms with Gasteiger partial charge in [-0.15, -0.1) is 0 Å². The van der Waals surface area contributed by atoms with E-state index in [1.54, 1.807) is 0 Å². The first-order valence-electron chi connectivity index (χ1n) is 8.28. The zero-order chi connectivity index (χ0) is 21.2. The molecular formula is C20H12BrClF4N2O. The van der Waals surface area contributed by atoms with Crippen LogP contribution in [0.25, 0.3) is 0 Å². The SMILES string of the molecule is O=C(C[C@@H](c1ccc(C(F)(F)F)cc1)c1ncccc1F)c1cnc(Cl)c(Br)c1. The van der Waals surface area contributed by atoms with Gasteiger partial charge in [-0.2, -0.15) is 13.2 Å². The van der Waals surface area contributed by atoms with E-state index in [4.69, 9.17) is 11.6 Å². The molecule has 3 aromatic rings. The lowest BCUT2D eigenvalue weighted by Gasteiger charge is -2.18. The smallest absolute Gasteiger partial charge is 0.294 e. The molecule has 0 amide bonds. The fourth-order valence-corrected chi connectivity index (χ4v) is 3.26. The highest BCUT2D eigenvalue weighted by atomic mass is 79.9. The highest BCUT2D eigenvalue weighted by molar-refractivity contribution is 9.10. The van der Waals surface area contributed by atoms with E-state index in [1.165, 1.54) is 42.7 Å². The van der Waals surface area contributed by atoms with Gasteiger partial charge in [0.2, 0.25) is 0 Å². The van der Waals surface area contributed by atoms with Gasteiger partial charge in [0, 0.05) is 30.3 Å². The second-order valence-electron chi connectivity index (χ2n) is 6.17. The zero-order valence-electron chi connectivity index (χ0n) is 14.6. The number of hydrogen-bond acceptors (Lipinski definition) is 3. The molecule has 2 heterocycles. The molecule has 0 unspecified atom stereocenters. The summed E-state index contributed by atoms with van der Waals surface area (Å²) in [7, 11) is 0. The summed E-state index contributed by atoms with van der Waals surface area (Å²) in [4.78, 5) is 20.7. The van der Waals surface area contributed by atoms with Crippen molar-refractivity contribution in [2.24, 2.45) is 0 Å². The number of halogens is 6. The molecule has 0 saturated heterocycles. The second kappa shape index (κ2) is 8.59. The molecule has 0 radical (unpaired) electrons. The van der Waals surface area contributed by atoms with Gasteiger partial charge in [0.1, 0.15) is 11.0 Å². The number of alkyl halides is 3. The number of Topliss-reactive ketones (excluding diaryl/α,β-unsaturated/α-hetero) is 1. The number of carbonyl (C=O) groups excluding carboxylic acids is 1. The molecule has 0 spiro atoms. The van der Waals surface area contributed by atoms with Gasteiger partial charge in [-0.3, -0.25) is 9.78 Å². The maximum atomic E-state index is 14.4. The van der Waals surface area contributed by atoms with Crippen LogP contribution in [0.3, 0.4) is 0 Å². The predicted molar refractivity (Wildman–Crippen MR) is 103 cm³/mol. The molecule has 1 atom stereocenters. The third-order valence-corrected chi connectivity index (χ3v) is 5.40. The standard InChI is InChI=1S/C20H12BrClF4N2O/c21-15-8-12(10-28-19(15)22)17(29)9-14(18-16(23)2-1-7-27-18)11-3-5-13(6-4-11)20(24,25)26/h1-8,10,14H,9H2/t14-/m0/s1. The maximum Gasteiger partial charge on any atom is 0.416 e. The summed E-state index contributed by atoms with van der Waals surface area (Å²) < 4.78 is 53.4. The van der Waals surface area contributed by atoms with Crippen LogP contribution in [0.1, 0.15) is 39.5 Å². The second-order valence-corrected chi connectivity index (χ2v) is 7.38. The van der Waals surface area contributed by atoms with Gasteiger partial charge in [-0.05, 0) is 51.8 Å². The summed E-state index contributed by atoms with van der Waals surface area (Å²) in [5.74, 6) is -1.91. The molecule has 0 saturated carbocycles. The van der Waals surface area contributed by atoms with Crippen LogP contribution in [0, 0.1) is 5.82 Å². The fraction of sp³-hybridized carbons (Fsp3) is 0.150. The van der Waals surface area contributed by atoms with Gasteiger partial charge in [-0.25, -0.2) is 9.37 Å². The number of nitrogens with zero attached hydrogens (tertiary/aromatic N) is 2. The number of aromatic nitrogens is 2. The van der Waals surface area contributed by atoms with Crippen LogP contribution >= 0.6 is 27.5 Å². The van der Waals surface area contributed by atoms with Crippen molar-refractivity contribution in [1.29, 1.82) is 0 Å². The summed E-state index contributed by atoms with van der Waals surface area (Å²) in [6, 6.07) is 8.31. The maximum absolute atomic E-state index is 14.4. The molecular weight excluding hydrogens is 476 g/mol. The van der Waals surface area contributed by atoms with Gasteiger partial charge < -0.3 is 0 Å². The van der Waals surface area contributed by atoms with Crippen molar-refractivity contribution < 1.29 is 22.4 Å². The highest BCUT2D eigenvalue weighted by Crippen LogP contribution is 2.34. The third-order valence-electron chi connectivity index (χ3n) is 4.27. The molecule has 9 heteroatoms. The van der Waals surface area contributed by atoms with Gasteiger partial charge >= 0.3 is 6.18 Å². The molecule has 3 nitrogen and oxygen atoms in total. The number of carbonyl (C=O) groups is 1. The number of hydrogen-bond donors (Lipinski definition) is 0. The Hall–Kier alpha value is -2.32. The predicted octanol–water partition coefficient (Wildman–Crippen LogP) is 6.46. The van der Waals surface area contributed by atoms with E-state index in [1.807, 2.05) is 0 Å². The summed E-state index contributed by atoms with van der Waals surface area (Å²) in [5.41, 5.74) is -0.292. The number of pyridine rings is 2. The monoisotopic (exact) mass is 486 g/mol. The molecule has 3 rings (SSSR count). The molecule has 0 aliphatic carbocycles. The van der Waals surface area contributed by atoms with E-state index < -0.39 is 23.5 Å². The lowest BCUT2D eigenvalue weighted by atomic mass is 9.88. The molecule has 1 aromatic carbocycles. The lowest BCUT2D eigenvalue weighted by molar-refractivity contribution is -0.137. The summed E-state index contributed by atoms with van der Waals surface area (Å²) in [6.07, 6.45) is -2.06. The first-order valence-corrected chi connectivity index (χ1v) is 9.45. The van der Waals surface area contributed by atoms with Gasteiger partial charge in [-0.1, -0.05) is 23.7 Å². The zero-order valence-corrected chi connectivity index (χ0v) is 16.9. The molecule has 0 aliphatic heterocycles. The lowest BCUT2D eigenvalue weighted by Crippen LogP contribution is -2.13. The van der Waals surface area contributed by atoms with Gasteiger partial charge in [0.05, 0.1) is 15.7 Å². The summed E-state index contributed by atoms with van der Waals surface area (Å²) in [6.45, 7) is 0. The van der Waals surface area contributed by atoms with Crippen LogP contribution < -0.4 is 0 Å². The van der Waals surface area contributed by atoms with Crippen molar-refractivity contribution in [2.75, 3.05) is 0 Å². The van der Waals surface area contributed by atoms with E-state index in [0.717, 1.165) is 12.1 Å². The number of rotatable bonds is 5. The van der Waals surface area contributed by atoms with Crippen molar-refractivity contribution in [2.45, 2.75) is 18.5 Å². The Morgan fingerprint density at radius 1 is 1.14 bits per heavy atom. The molecule has 0 fully saturated rings. The van der Waals surface area contributed by atoms with Crippen LogP contribution in [0.4, 0.5) is 17.6 Å². The number of ketones is 1. The minimum atomic E-state index is -4.50. The van der Waals surface area contributed by atoms with E-state index in [-0.39, 0.29) is 28.6 Å². The van der Waals surface area contributed by atoms with Crippen LogP contribution in [-0.4, -0.2) is 15.8 Å². The van der Waals surface area contributed by atoms with Crippen molar-refractivity contribution in [3.63, 3.8) is 0 Å². The first kappa shape index (κ1) is 21.4. The molecule has 0 aliphatic rings. The molecule has 0 N–H and O–H groups in total. The Morgan fingerprint density at radius 2 is 1.83 bits per heavy atom. The van der Waals surface area contributed by atoms with Crippen molar-refractivity contribution in [3.8, 4) is 0 Å². The third kappa shape index (κ3) is 5.00. The highest BCUT2D eigenvalue weighted by Gasteiger charge is 2.31. The normalized spacial score (nSPS) is 12.6. The fourth-order valence-electron chi connectivity index (χ4n) is 2.81. The minimum absolute atomic E-state index is 0.0263. The van der Waals surface area contributed by atoms with E-state index in [0.29, 0.717) is 10.0 Å². The number of benzene rings is 1. The van der Waals surface area contributed by atoms with Crippen LogP contribution in [0.5, 0.6) is 0 Å². The summed E-state index contributed by atoms with van der Waals surface area (Å²) >= 11 is 9.02. The largest absolute Gasteiger partial charge is 0.416 e. The topological polar surface area (TPSA) is 42.9 Å². The average Bonchev–Trinajstić information content (AvgIpc) is 2.68. The molecule has 29 heavy (non-hydrogen) atoms. The quantitative estimate of drug-likeness (QED) is 0.236. The Kier molecular flexibility index (Phi) is 6.33. The Balaban J connectivity index is 1.99. The van der Waals surface area contributed by atoms with Gasteiger partial charge in [0.15, 0.2) is 5.78 Å². The summed E-state index contributed by atoms with van der Waals surface area (Å²) in [5, 5.41) is 0.177.